The molecular formula is C18H19NO4. The molecule has 120 valence electrons. The Hall–Kier alpha value is -2.14. The van der Waals surface area contributed by atoms with Crippen LogP contribution in [0.25, 0.3) is 0 Å². The summed E-state index contributed by atoms with van der Waals surface area (Å²) in [4.78, 5) is 26.5. The fraction of sp³-hybridized carbons (Fsp3) is 0.444. The number of amides is 1. The van der Waals surface area contributed by atoms with Crippen molar-refractivity contribution in [3.05, 3.63) is 41.5 Å². The Morgan fingerprint density at radius 3 is 2.70 bits per heavy atom. The molecule has 0 spiro atoms. The number of anilines is 1. The molecule has 4 atom stereocenters. The highest BCUT2D eigenvalue weighted by Gasteiger charge is 2.54. The van der Waals surface area contributed by atoms with Gasteiger partial charge in [0, 0.05) is 12.2 Å². The Morgan fingerprint density at radius 1 is 1.22 bits per heavy atom. The van der Waals surface area contributed by atoms with Crippen LogP contribution >= 0.6 is 0 Å². The zero-order valence-corrected chi connectivity index (χ0v) is 12.9. The van der Waals surface area contributed by atoms with Gasteiger partial charge < -0.3 is 14.7 Å². The number of rotatable bonds is 2. The maximum Gasteiger partial charge on any atom is 0.310 e. The number of carboxylic acid groups (broad SMARTS) is 1. The van der Waals surface area contributed by atoms with Crippen LogP contribution in [0.2, 0.25) is 0 Å². The number of carbonyl (C=O) groups is 2. The summed E-state index contributed by atoms with van der Waals surface area (Å²) in [5.74, 6) is -2.50. The van der Waals surface area contributed by atoms with Gasteiger partial charge in [0.25, 0.3) is 0 Å². The number of carbonyl (C=O) groups excluding carboxylic acids is 1. The number of aliphatic carboxylic acids is 1. The Labute approximate surface area is 134 Å². The number of ether oxygens (including phenoxy) is 1. The minimum Gasteiger partial charge on any atom is -0.481 e. The molecule has 5 nitrogen and oxygen atoms in total. The number of hydrogen-bond donors (Lipinski definition) is 1. The fourth-order valence-corrected chi connectivity index (χ4v) is 4.03. The van der Waals surface area contributed by atoms with Gasteiger partial charge in [0.2, 0.25) is 5.91 Å². The van der Waals surface area contributed by atoms with Crippen molar-refractivity contribution in [2.75, 3.05) is 11.4 Å². The fourth-order valence-electron chi connectivity index (χ4n) is 4.03. The van der Waals surface area contributed by atoms with Gasteiger partial charge in [-0.1, -0.05) is 29.8 Å². The molecule has 4 rings (SSSR count). The van der Waals surface area contributed by atoms with Crippen molar-refractivity contribution in [3.63, 3.8) is 0 Å². The van der Waals surface area contributed by atoms with Crippen molar-refractivity contribution in [2.24, 2.45) is 11.8 Å². The lowest BCUT2D eigenvalue weighted by molar-refractivity contribution is -0.146. The molecule has 1 saturated heterocycles. The number of aryl methyl sites for hydroxylation is 2. The number of fused-ring (bicyclic) bond motifs is 3. The van der Waals surface area contributed by atoms with E-state index in [-0.39, 0.29) is 5.91 Å². The lowest BCUT2D eigenvalue weighted by Gasteiger charge is -2.33. The first-order valence-corrected chi connectivity index (χ1v) is 8.04. The van der Waals surface area contributed by atoms with E-state index in [2.05, 4.69) is 6.07 Å². The van der Waals surface area contributed by atoms with E-state index in [9.17, 15) is 14.7 Å². The predicted molar refractivity (Wildman–Crippen MR) is 84.3 cm³/mol. The minimum absolute atomic E-state index is 0.126. The third-order valence-corrected chi connectivity index (χ3v) is 5.09. The van der Waals surface area contributed by atoms with Crippen molar-refractivity contribution < 1.29 is 19.4 Å². The van der Waals surface area contributed by atoms with Crippen LogP contribution in [0.3, 0.4) is 0 Å². The maximum atomic E-state index is 13.1. The van der Waals surface area contributed by atoms with Crippen LogP contribution in [0.5, 0.6) is 0 Å². The van der Waals surface area contributed by atoms with E-state index >= 15 is 0 Å². The summed E-state index contributed by atoms with van der Waals surface area (Å²) in [6.07, 6.45) is 4.55. The smallest absolute Gasteiger partial charge is 0.310 e. The number of hydrogen-bond acceptors (Lipinski definition) is 3. The average molecular weight is 313 g/mol. The molecule has 0 aliphatic carbocycles. The summed E-state index contributed by atoms with van der Waals surface area (Å²) in [5, 5.41) is 9.50. The second kappa shape index (κ2) is 5.20. The standard InChI is InChI=1S/C18H19NO4/c1-10-4-5-12-11(9-10)3-2-8-19(12)17(20)15-13-6-7-14(23-13)16(15)18(21)22/h4-7,9,13-16H,2-3,8H2,1H3,(H,21,22)/t13-,14+,15+,16+/m1/s1. The van der Waals surface area contributed by atoms with E-state index in [4.69, 9.17) is 4.74 Å². The van der Waals surface area contributed by atoms with Gasteiger partial charge in [0.1, 0.15) is 5.92 Å². The molecule has 0 radical (unpaired) electrons. The van der Waals surface area contributed by atoms with Crippen molar-refractivity contribution in [2.45, 2.75) is 32.0 Å². The molecule has 23 heavy (non-hydrogen) atoms. The zero-order valence-electron chi connectivity index (χ0n) is 12.9. The van der Waals surface area contributed by atoms with Gasteiger partial charge in [-0.25, -0.2) is 0 Å². The van der Waals surface area contributed by atoms with Crippen molar-refractivity contribution in [3.8, 4) is 0 Å². The van der Waals surface area contributed by atoms with Crippen LogP contribution in [-0.4, -0.2) is 35.7 Å². The van der Waals surface area contributed by atoms with Gasteiger partial charge >= 0.3 is 5.97 Å². The lowest BCUT2D eigenvalue weighted by Crippen LogP contribution is -2.46. The summed E-state index contributed by atoms with van der Waals surface area (Å²) in [6.45, 7) is 2.68. The zero-order chi connectivity index (χ0) is 16.1. The van der Waals surface area contributed by atoms with Gasteiger partial charge in [-0.15, -0.1) is 0 Å². The van der Waals surface area contributed by atoms with Crippen molar-refractivity contribution in [1.29, 1.82) is 0 Å². The highest BCUT2D eigenvalue weighted by molar-refractivity contribution is 5.99. The molecule has 0 saturated carbocycles. The van der Waals surface area contributed by atoms with Crippen LogP contribution in [0, 0.1) is 18.8 Å². The van der Waals surface area contributed by atoms with Crippen LogP contribution in [0.15, 0.2) is 30.4 Å². The molecule has 1 amide bonds. The van der Waals surface area contributed by atoms with Crippen LogP contribution in [0.4, 0.5) is 5.69 Å². The Kier molecular flexibility index (Phi) is 3.27. The number of benzene rings is 1. The predicted octanol–water partition coefficient (Wildman–Crippen LogP) is 1.93. The van der Waals surface area contributed by atoms with Crippen LogP contribution < -0.4 is 4.90 Å². The van der Waals surface area contributed by atoms with E-state index in [0.29, 0.717) is 6.54 Å². The molecule has 0 aromatic heterocycles. The summed E-state index contributed by atoms with van der Waals surface area (Å²) < 4.78 is 5.64. The van der Waals surface area contributed by atoms with Gasteiger partial charge in [-0.3, -0.25) is 9.59 Å². The summed E-state index contributed by atoms with van der Waals surface area (Å²) >= 11 is 0. The molecular weight excluding hydrogens is 294 g/mol. The SMILES string of the molecule is Cc1ccc2c(c1)CCCN2C(=O)[C@@H]1[C@@H](C(=O)O)[C@@H]2C=C[C@H]1O2. The number of nitrogens with zero attached hydrogens (tertiary/aromatic N) is 1. The first-order chi connectivity index (χ1) is 11.1. The van der Waals surface area contributed by atoms with Gasteiger partial charge in [-0.2, -0.15) is 0 Å². The van der Waals surface area contributed by atoms with Crippen LogP contribution in [-0.2, 0) is 20.7 Å². The summed E-state index contributed by atoms with van der Waals surface area (Å²) in [7, 11) is 0. The molecule has 1 N–H and O–H groups in total. The molecule has 1 aromatic carbocycles. The molecule has 3 aliphatic heterocycles. The second-order valence-corrected chi connectivity index (χ2v) is 6.57. The lowest BCUT2D eigenvalue weighted by atomic mass is 9.81. The maximum absolute atomic E-state index is 13.1. The van der Waals surface area contributed by atoms with Gasteiger partial charge in [0.15, 0.2) is 0 Å². The van der Waals surface area contributed by atoms with E-state index in [0.717, 1.165) is 24.1 Å². The molecule has 5 heteroatoms. The third kappa shape index (κ3) is 2.18. The first kappa shape index (κ1) is 14.5. The van der Waals surface area contributed by atoms with Gasteiger partial charge in [0.05, 0.1) is 18.1 Å². The average Bonchev–Trinajstić information content (AvgIpc) is 3.14. The third-order valence-electron chi connectivity index (χ3n) is 5.09. The van der Waals surface area contributed by atoms with E-state index in [1.54, 1.807) is 11.0 Å². The van der Waals surface area contributed by atoms with E-state index in [1.807, 2.05) is 25.1 Å². The van der Waals surface area contributed by atoms with Crippen molar-refractivity contribution in [1.82, 2.24) is 0 Å². The molecule has 2 bridgehead atoms. The van der Waals surface area contributed by atoms with Gasteiger partial charge in [-0.05, 0) is 31.4 Å². The quantitative estimate of drug-likeness (QED) is 0.847. The highest BCUT2D eigenvalue weighted by Crippen LogP contribution is 2.41. The first-order valence-electron chi connectivity index (χ1n) is 8.04. The highest BCUT2D eigenvalue weighted by atomic mass is 16.5. The molecule has 3 aliphatic rings. The Balaban J connectivity index is 1.68. The summed E-state index contributed by atoms with van der Waals surface area (Å²) in [6, 6.07) is 6.08. The summed E-state index contributed by atoms with van der Waals surface area (Å²) in [5.41, 5.74) is 3.26. The molecule has 1 fully saturated rings. The van der Waals surface area contributed by atoms with E-state index in [1.165, 1.54) is 5.56 Å². The van der Waals surface area contributed by atoms with Crippen LogP contribution in [0.1, 0.15) is 17.5 Å². The van der Waals surface area contributed by atoms with Crippen molar-refractivity contribution >= 4 is 17.6 Å². The topological polar surface area (TPSA) is 66.8 Å². The minimum atomic E-state index is -0.957. The largest absolute Gasteiger partial charge is 0.481 e. The Morgan fingerprint density at radius 2 is 1.96 bits per heavy atom. The second-order valence-electron chi connectivity index (χ2n) is 6.57. The number of carboxylic acids is 1. The normalized spacial score (nSPS) is 31.3. The molecule has 3 heterocycles. The monoisotopic (exact) mass is 313 g/mol. The van der Waals surface area contributed by atoms with E-state index < -0.39 is 30.0 Å². The molecule has 1 aromatic rings. The molecule has 0 unspecified atom stereocenters. The Bertz CT molecular complexity index is 711.